The van der Waals surface area contributed by atoms with Gasteiger partial charge in [0, 0.05) is 25.1 Å². The highest BCUT2D eigenvalue weighted by Crippen LogP contribution is 2.31. The summed E-state index contributed by atoms with van der Waals surface area (Å²) >= 11 is 0. The lowest BCUT2D eigenvalue weighted by atomic mass is 9.90. The van der Waals surface area contributed by atoms with Crippen LogP contribution in [0.4, 0.5) is 0 Å². The van der Waals surface area contributed by atoms with Gasteiger partial charge in [0.1, 0.15) is 5.75 Å². The van der Waals surface area contributed by atoms with Gasteiger partial charge in [-0.3, -0.25) is 9.22 Å². The van der Waals surface area contributed by atoms with Crippen molar-refractivity contribution in [2.24, 2.45) is 0 Å². The first-order valence-corrected chi connectivity index (χ1v) is 11.2. The predicted octanol–water partition coefficient (Wildman–Crippen LogP) is 5.21. The molecule has 0 unspecified atom stereocenters. The fourth-order valence-electron chi connectivity index (χ4n) is 3.60. The van der Waals surface area contributed by atoms with E-state index in [1.54, 1.807) is 14.2 Å². The summed E-state index contributed by atoms with van der Waals surface area (Å²) in [7, 11) is 3.35. The molecule has 0 bridgehead atoms. The summed E-state index contributed by atoms with van der Waals surface area (Å²) in [4.78, 5) is 12.0. The Morgan fingerprint density at radius 1 is 0.938 bits per heavy atom. The molecule has 1 amide bonds. The van der Waals surface area contributed by atoms with Crippen molar-refractivity contribution in [3.63, 3.8) is 0 Å². The molecule has 4 heteroatoms. The minimum atomic E-state index is 0.117. The van der Waals surface area contributed by atoms with E-state index < -0.39 is 0 Å². The van der Waals surface area contributed by atoms with E-state index in [4.69, 9.17) is 9.16 Å². The second kappa shape index (κ2) is 11.8. The molecule has 166 valence electrons. The van der Waals surface area contributed by atoms with E-state index in [9.17, 15) is 4.79 Å². The van der Waals surface area contributed by atoms with Crippen molar-refractivity contribution in [2.75, 3.05) is 20.8 Å². The van der Waals surface area contributed by atoms with Gasteiger partial charge >= 0.3 is 5.78 Å². The third-order valence-electron chi connectivity index (χ3n) is 5.49. The number of nitrogens with one attached hydrogen (secondary N) is 1. The molecule has 0 fully saturated rings. The van der Waals surface area contributed by atoms with Crippen LogP contribution < -0.4 is 10.1 Å². The third-order valence-corrected chi connectivity index (χ3v) is 5.49. The summed E-state index contributed by atoms with van der Waals surface area (Å²) in [6, 6.07) is 16.6. The van der Waals surface area contributed by atoms with Crippen LogP contribution >= 0.6 is 0 Å². The molecule has 0 spiro atoms. The molecule has 0 saturated carbocycles. The number of amides is 1. The van der Waals surface area contributed by atoms with E-state index in [-0.39, 0.29) is 5.91 Å². The number of rotatable bonds is 9. The topological polar surface area (TPSA) is 49.6 Å². The zero-order valence-electron chi connectivity index (χ0n) is 19.2. The van der Waals surface area contributed by atoms with Crippen molar-refractivity contribution < 1.29 is 14.0 Å². The van der Waals surface area contributed by atoms with Crippen LogP contribution in [0.5, 0.6) is 5.75 Å². The lowest BCUT2D eigenvalue weighted by molar-refractivity contribution is -0.417. The van der Waals surface area contributed by atoms with Crippen LogP contribution in [-0.4, -0.2) is 32.5 Å². The van der Waals surface area contributed by atoms with E-state index in [0.717, 1.165) is 65.2 Å². The van der Waals surface area contributed by atoms with E-state index >= 15 is 0 Å². The number of methoxy groups -OCH3 is 1. The monoisotopic (exact) mass is 430 g/mol. The van der Waals surface area contributed by atoms with Gasteiger partial charge in [-0.05, 0) is 65.0 Å². The SMILES string of the molecule is CCCCNC(=O)CCc1ccc(C(=C2C=CC(=[O+]C)C=C2)c2ccc(OC)cc2)cc1. The van der Waals surface area contributed by atoms with Crippen molar-refractivity contribution in [2.45, 2.75) is 32.6 Å². The zero-order chi connectivity index (χ0) is 22.8. The van der Waals surface area contributed by atoms with Crippen molar-refractivity contribution >= 4 is 17.3 Å². The van der Waals surface area contributed by atoms with Gasteiger partial charge in [-0.25, -0.2) is 0 Å². The Hall–Kier alpha value is -3.40. The van der Waals surface area contributed by atoms with Gasteiger partial charge in [-0.1, -0.05) is 49.7 Å². The quantitative estimate of drug-likeness (QED) is 0.439. The van der Waals surface area contributed by atoms with Gasteiger partial charge in [-0.2, -0.15) is 0 Å². The molecule has 0 aliphatic heterocycles. The molecule has 3 rings (SSSR count). The minimum absolute atomic E-state index is 0.117. The van der Waals surface area contributed by atoms with Crippen molar-refractivity contribution in [1.29, 1.82) is 0 Å². The number of carbonyl (C=O) groups is 1. The van der Waals surface area contributed by atoms with Crippen LogP contribution in [0.25, 0.3) is 5.57 Å². The van der Waals surface area contributed by atoms with E-state index in [0.29, 0.717) is 6.42 Å². The standard InChI is InChI=1S/C28H31NO3/c1-4-5-20-29-27(30)19-8-21-6-9-22(10-7-21)28(23-11-15-25(31-2)16-12-23)24-13-17-26(32-3)18-14-24/h6-7,9-18H,4-5,8,19-20H2,1-3H3/p+1. The van der Waals surface area contributed by atoms with Crippen LogP contribution in [-0.2, 0) is 15.6 Å². The lowest BCUT2D eigenvalue weighted by Gasteiger charge is -2.14. The summed E-state index contributed by atoms with van der Waals surface area (Å²) in [5, 5.41) is 2.98. The van der Waals surface area contributed by atoms with Gasteiger partial charge < -0.3 is 10.1 Å². The normalized spacial score (nSPS) is 12.6. The molecule has 2 aromatic rings. The number of allylic oxidation sites excluding steroid dienone is 5. The second-order valence-corrected chi connectivity index (χ2v) is 7.73. The number of aryl methyl sites for hydroxylation is 1. The van der Waals surface area contributed by atoms with E-state index in [2.05, 4.69) is 60.8 Å². The summed E-state index contributed by atoms with van der Waals surface area (Å²) in [5.74, 6) is 1.78. The highest BCUT2D eigenvalue weighted by molar-refractivity contribution is 6.03. The Morgan fingerprint density at radius 3 is 2.12 bits per heavy atom. The fraction of sp³-hybridized carbons (Fsp3) is 0.286. The molecular weight excluding hydrogens is 398 g/mol. The Morgan fingerprint density at radius 2 is 1.56 bits per heavy atom. The first-order valence-electron chi connectivity index (χ1n) is 11.2. The van der Waals surface area contributed by atoms with Crippen LogP contribution in [0.3, 0.4) is 0 Å². The summed E-state index contributed by atoms with van der Waals surface area (Å²) in [5.41, 5.74) is 5.64. The highest BCUT2D eigenvalue weighted by Gasteiger charge is 2.14. The maximum atomic E-state index is 12.0. The molecule has 1 aliphatic rings. The summed E-state index contributed by atoms with van der Waals surface area (Å²) in [6.45, 7) is 2.88. The predicted molar refractivity (Wildman–Crippen MR) is 131 cm³/mol. The van der Waals surface area contributed by atoms with Gasteiger partial charge in [0.2, 0.25) is 5.91 Å². The van der Waals surface area contributed by atoms with Crippen molar-refractivity contribution in [3.8, 4) is 5.75 Å². The number of hydrogen-bond acceptors (Lipinski definition) is 2. The fourth-order valence-corrected chi connectivity index (χ4v) is 3.60. The number of benzene rings is 2. The minimum Gasteiger partial charge on any atom is -0.497 e. The first kappa shape index (κ1) is 23.3. The Bertz CT molecular complexity index is 1010. The number of ether oxygens (including phenoxy) is 1. The lowest BCUT2D eigenvalue weighted by Crippen LogP contribution is -2.24. The maximum Gasteiger partial charge on any atom is 0.343 e. The molecule has 0 aromatic heterocycles. The smallest absolute Gasteiger partial charge is 0.343 e. The molecule has 32 heavy (non-hydrogen) atoms. The largest absolute Gasteiger partial charge is 0.497 e. The molecule has 0 atom stereocenters. The average molecular weight is 431 g/mol. The third kappa shape index (κ3) is 6.30. The van der Waals surface area contributed by atoms with Crippen LogP contribution in [0.2, 0.25) is 0 Å². The molecular formula is C28H32NO3+. The van der Waals surface area contributed by atoms with E-state index in [1.165, 1.54) is 0 Å². The van der Waals surface area contributed by atoms with Crippen LogP contribution in [0.1, 0.15) is 42.9 Å². The number of ketones is 1. The number of hydrogen-bond donors (Lipinski definition) is 1. The summed E-state index contributed by atoms with van der Waals surface area (Å²) in [6.07, 6.45) is 11.5. The van der Waals surface area contributed by atoms with Crippen LogP contribution in [0, 0.1) is 0 Å². The van der Waals surface area contributed by atoms with Gasteiger partial charge in [-0.15, -0.1) is 0 Å². The van der Waals surface area contributed by atoms with E-state index in [1.807, 2.05) is 24.3 Å². The van der Waals surface area contributed by atoms with Crippen LogP contribution in [0.15, 0.2) is 78.4 Å². The Labute approximate surface area is 191 Å². The number of unbranched alkanes of at least 4 members (excludes halogenated alkanes) is 1. The van der Waals surface area contributed by atoms with Gasteiger partial charge in [0.15, 0.2) is 0 Å². The maximum absolute atomic E-state index is 12.0. The molecule has 0 heterocycles. The molecule has 1 aliphatic carbocycles. The summed E-state index contributed by atoms with van der Waals surface area (Å²) < 4.78 is 10.6. The Balaban J connectivity index is 1.83. The molecule has 4 nitrogen and oxygen atoms in total. The highest BCUT2D eigenvalue weighted by atomic mass is 16.5. The van der Waals surface area contributed by atoms with Gasteiger partial charge in [0.05, 0.1) is 7.11 Å². The molecule has 2 aromatic carbocycles. The average Bonchev–Trinajstić information content (AvgIpc) is 2.85. The van der Waals surface area contributed by atoms with Crippen molar-refractivity contribution in [1.82, 2.24) is 5.32 Å². The van der Waals surface area contributed by atoms with Gasteiger partial charge in [0.25, 0.3) is 7.11 Å². The molecule has 1 N–H and O–H groups in total. The Kier molecular flexibility index (Phi) is 8.61. The molecule has 0 saturated heterocycles. The second-order valence-electron chi connectivity index (χ2n) is 7.73. The molecule has 0 radical (unpaired) electrons. The number of carbonyl (C=O) groups excluding carboxylic acids is 2. The van der Waals surface area contributed by atoms with Crippen molar-refractivity contribution in [3.05, 3.63) is 95.1 Å². The zero-order valence-corrected chi connectivity index (χ0v) is 19.2. The first-order chi connectivity index (χ1) is 15.6.